The summed E-state index contributed by atoms with van der Waals surface area (Å²) in [5.41, 5.74) is 26.1. The number of fused-ring (bicyclic) bond motifs is 14. The Balaban J connectivity index is 1.11. The molecule has 2 nitrogen and oxygen atoms in total. The van der Waals surface area contributed by atoms with Crippen molar-refractivity contribution in [1.82, 2.24) is 4.98 Å². The van der Waals surface area contributed by atoms with Gasteiger partial charge in [0.2, 0.25) is 0 Å². The average molecular weight is 853 g/mol. The van der Waals surface area contributed by atoms with Crippen LogP contribution in [0.2, 0.25) is 0 Å². The Morgan fingerprint density at radius 1 is 0.455 bits per heavy atom. The van der Waals surface area contributed by atoms with Gasteiger partial charge in [-0.3, -0.25) is 4.98 Å². The molecule has 0 saturated heterocycles. The highest BCUT2D eigenvalue weighted by atomic mass is 15.1. The van der Waals surface area contributed by atoms with Crippen LogP contribution in [-0.4, -0.2) is 4.98 Å². The van der Waals surface area contributed by atoms with Gasteiger partial charge in [0, 0.05) is 45.7 Å². The van der Waals surface area contributed by atoms with Gasteiger partial charge in [-0.15, -0.1) is 0 Å². The molecule has 1 spiro atoms. The Labute approximate surface area is 390 Å². The van der Waals surface area contributed by atoms with Crippen LogP contribution < -0.4 is 4.90 Å². The van der Waals surface area contributed by atoms with Gasteiger partial charge in [0.25, 0.3) is 0 Å². The predicted octanol–water partition coefficient (Wildman–Crippen LogP) is 16.8. The number of hydrogen-bond acceptors (Lipinski definition) is 2. The zero-order valence-corrected chi connectivity index (χ0v) is 39.0. The fraction of sp³-hybridized carbons (Fsp3) is 0.234. The fourth-order valence-electron chi connectivity index (χ4n) is 13.8. The molecule has 4 unspecified atom stereocenters. The Bertz CT molecular complexity index is 3230. The van der Waals surface area contributed by atoms with Crippen LogP contribution in [0.4, 0.5) is 17.1 Å². The largest absolute Gasteiger partial charge is 0.310 e. The lowest BCUT2D eigenvalue weighted by atomic mass is 9.55. The number of pyridine rings is 1. The van der Waals surface area contributed by atoms with Gasteiger partial charge in [-0.25, -0.2) is 0 Å². The minimum atomic E-state index is -0.262. The van der Waals surface area contributed by atoms with E-state index in [4.69, 9.17) is 0 Å². The quantitative estimate of drug-likeness (QED) is 0.160. The fourth-order valence-corrected chi connectivity index (χ4v) is 13.8. The smallest absolute Gasteiger partial charge is 0.0471 e. The highest BCUT2D eigenvalue weighted by molar-refractivity contribution is 5.99. The maximum atomic E-state index is 4.57. The Morgan fingerprint density at radius 3 is 1.70 bits per heavy atom. The molecule has 8 aromatic rings. The molecule has 66 heavy (non-hydrogen) atoms. The molecular formula is C64H56N2. The number of hydrogen-bond donors (Lipinski definition) is 0. The Morgan fingerprint density at radius 2 is 1.05 bits per heavy atom. The summed E-state index contributed by atoms with van der Waals surface area (Å²) in [5.74, 6) is 1.80. The maximum absolute atomic E-state index is 4.57. The van der Waals surface area contributed by atoms with Crippen molar-refractivity contribution in [3.8, 4) is 55.6 Å². The van der Waals surface area contributed by atoms with Crippen molar-refractivity contribution in [2.45, 2.75) is 77.0 Å². The van der Waals surface area contributed by atoms with Crippen molar-refractivity contribution in [3.63, 3.8) is 0 Å². The number of benzene rings is 7. The standard InChI is InChI=1S/C64H56N2/c1-39-30-44-32-45(31-39)64(38-40(44)2)57-25-20-43(41-14-8-7-9-15-41)33-54(57)61-53(42-26-28-65-29-27-42)34-48(37-60(61)64)66(46-21-23-51-49-16-10-12-18-55(49)62(3,4)58(51)35-46)47-22-24-52-50-17-11-13-19-56(50)63(5,6)59(52)36-47/h7-29,33-39,44-45H,30-32H2,1-6H3. The number of anilines is 3. The molecule has 1 aromatic heterocycles. The van der Waals surface area contributed by atoms with Crippen molar-refractivity contribution in [2.24, 2.45) is 17.8 Å². The van der Waals surface area contributed by atoms with Gasteiger partial charge in [0.1, 0.15) is 0 Å². The molecule has 13 rings (SSSR count). The summed E-state index contributed by atoms with van der Waals surface area (Å²) in [6.07, 6.45) is 10.4. The van der Waals surface area contributed by atoms with Crippen LogP contribution in [0.3, 0.4) is 0 Å². The first-order valence-corrected chi connectivity index (χ1v) is 24.3. The van der Waals surface area contributed by atoms with E-state index in [9.17, 15) is 0 Å². The molecule has 5 aliphatic carbocycles. The van der Waals surface area contributed by atoms with Crippen molar-refractivity contribution in [2.75, 3.05) is 4.90 Å². The summed E-state index contributed by atoms with van der Waals surface area (Å²) in [7, 11) is 0. The molecule has 5 aliphatic rings. The molecule has 7 aromatic carbocycles. The van der Waals surface area contributed by atoms with E-state index >= 15 is 0 Å². The van der Waals surface area contributed by atoms with Crippen molar-refractivity contribution >= 4 is 17.1 Å². The first-order chi connectivity index (χ1) is 32.0. The number of nitrogens with zero attached hydrogens (tertiary/aromatic N) is 2. The first-order valence-electron chi connectivity index (χ1n) is 24.3. The van der Waals surface area contributed by atoms with Crippen LogP contribution in [0.25, 0.3) is 55.6 Å². The van der Waals surface area contributed by atoms with Crippen LogP contribution in [0, 0.1) is 17.8 Å². The molecule has 0 aliphatic heterocycles. The maximum Gasteiger partial charge on any atom is 0.0471 e. The van der Waals surface area contributed by atoms with E-state index in [0.29, 0.717) is 17.8 Å². The molecule has 0 amide bonds. The van der Waals surface area contributed by atoms with Gasteiger partial charge in [0.15, 0.2) is 0 Å². The average Bonchev–Trinajstić information content (AvgIpc) is 3.85. The molecule has 4 atom stereocenters. The minimum absolute atomic E-state index is 0.143. The van der Waals surface area contributed by atoms with Gasteiger partial charge < -0.3 is 4.90 Å². The van der Waals surface area contributed by atoms with E-state index < -0.39 is 0 Å². The summed E-state index contributed by atoms with van der Waals surface area (Å²) >= 11 is 0. The third kappa shape index (κ3) is 5.51. The summed E-state index contributed by atoms with van der Waals surface area (Å²) in [6, 6.07) is 60.6. The number of rotatable bonds is 5. The third-order valence-corrected chi connectivity index (χ3v) is 17.0. The van der Waals surface area contributed by atoms with Crippen LogP contribution >= 0.6 is 0 Å². The second-order valence-electron chi connectivity index (χ2n) is 21.4. The highest BCUT2D eigenvalue weighted by Crippen LogP contribution is 2.64. The van der Waals surface area contributed by atoms with Crippen molar-refractivity contribution < 1.29 is 0 Å². The van der Waals surface area contributed by atoms with E-state index in [1.54, 1.807) is 5.57 Å². The zero-order chi connectivity index (χ0) is 44.7. The van der Waals surface area contributed by atoms with E-state index in [1.165, 1.54) is 125 Å². The number of aromatic nitrogens is 1. The SMILES string of the molecule is CC1=CC2(c3ccc(-c4ccccc4)cc3-c3c(-c4ccncc4)cc(N(c4ccc5c(c4)C(C)(C)c4ccccc4-5)c4ccc5c(c4)C(C)(C)c4ccccc4-5)cc32)C2CC(C)CC1C2. The normalized spacial score (nSPS) is 21.8. The second-order valence-corrected chi connectivity index (χ2v) is 21.4. The van der Waals surface area contributed by atoms with Crippen LogP contribution in [0.5, 0.6) is 0 Å². The monoisotopic (exact) mass is 852 g/mol. The topological polar surface area (TPSA) is 16.1 Å². The van der Waals surface area contributed by atoms with Gasteiger partial charge in [-0.05, 0) is 188 Å². The van der Waals surface area contributed by atoms with Crippen molar-refractivity contribution in [1.29, 1.82) is 0 Å². The van der Waals surface area contributed by atoms with Crippen molar-refractivity contribution in [3.05, 3.63) is 215 Å². The van der Waals surface area contributed by atoms with E-state index in [1.807, 2.05) is 12.4 Å². The van der Waals surface area contributed by atoms with E-state index in [2.05, 4.69) is 215 Å². The predicted molar refractivity (Wildman–Crippen MR) is 275 cm³/mol. The molecule has 0 radical (unpaired) electrons. The lowest BCUT2D eigenvalue weighted by molar-refractivity contribution is 0.168. The molecule has 1 saturated carbocycles. The first kappa shape index (κ1) is 39.6. The molecule has 1 heterocycles. The lowest BCUT2D eigenvalue weighted by Gasteiger charge is -2.49. The molecule has 2 bridgehead atoms. The van der Waals surface area contributed by atoms with Gasteiger partial charge >= 0.3 is 0 Å². The summed E-state index contributed by atoms with van der Waals surface area (Å²) in [4.78, 5) is 7.16. The highest BCUT2D eigenvalue weighted by Gasteiger charge is 2.53. The molecule has 2 heteroatoms. The Hall–Kier alpha value is -6.77. The van der Waals surface area contributed by atoms with Crippen LogP contribution in [-0.2, 0) is 16.2 Å². The molecule has 0 N–H and O–H groups in total. The van der Waals surface area contributed by atoms with Gasteiger partial charge in [-0.2, -0.15) is 0 Å². The summed E-state index contributed by atoms with van der Waals surface area (Å²) < 4.78 is 0. The Kier molecular flexibility index (Phi) is 8.47. The molecule has 1 fully saturated rings. The van der Waals surface area contributed by atoms with Gasteiger partial charge in [0.05, 0.1) is 0 Å². The second kappa shape index (κ2) is 14.1. The zero-order valence-electron chi connectivity index (χ0n) is 39.0. The molecular weight excluding hydrogens is 797 g/mol. The summed E-state index contributed by atoms with van der Waals surface area (Å²) in [5, 5.41) is 0. The van der Waals surface area contributed by atoms with E-state index in [0.717, 1.165) is 0 Å². The lowest BCUT2D eigenvalue weighted by Crippen LogP contribution is -2.42. The summed E-state index contributed by atoms with van der Waals surface area (Å²) in [6.45, 7) is 14.5. The minimum Gasteiger partial charge on any atom is -0.310 e. The van der Waals surface area contributed by atoms with Crippen LogP contribution in [0.15, 0.2) is 182 Å². The third-order valence-electron chi connectivity index (χ3n) is 17.0. The number of allylic oxidation sites excluding steroid dienone is 2. The van der Waals surface area contributed by atoms with Gasteiger partial charge in [-0.1, -0.05) is 149 Å². The van der Waals surface area contributed by atoms with Crippen LogP contribution in [0.1, 0.15) is 94.2 Å². The molecule has 322 valence electrons. The van der Waals surface area contributed by atoms with E-state index in [-0.39, 0.29) is 16.2 Å².